The molecule has 0 radical (unpaired) electrons. The van der Waals surface area contributed by atoms with Gasteiger partial charge in [-0.3, -0.25) is 4.79 Å². The normalized spacial score (nSPS) is 15.7. The molecule has 116 valence electrons. The van der Waals surface area contributed by atoms with Crippen LogP contribution in [-0.4, -0.2) is 11.7 Å². The molecule has 3 rings (SSSR count). The van der Waals surface area contributed by atoms with Crippen LogP contribution in [0.25, 0.3) is 6.08 Å². The van der Waals surface area contributed by atoms with Gasteiger partial charge in [0.15, 0.2) is 0 Å². The fourth-order valence-corrected chi connectivity index (χ4v) is 2.59. The standard InChI is InChI=1S/C17H11Cl3N2O/c18-12-4-1-10(2-5-12)9-16-21-15(17(23)22-16)8-11-3-6-13(19)14(20)7-11/h1-8H,9H2,(H,21,22,23)/b15-8+. The van der Waals surface area contributed by atoms with Crippen molar-refractivity contribution in [2.24, 2.45) is 4.99 Å². The third-order valence-electron chi connectivity index (χ3n) is 3.28. The highest BCUT2D eigenvalue weighted by Gasteiger charge is 2.20. The number of carbonyl (C=O) groups is 1. The third kappa shape index (κ3) is 3.94. The molecule has 1 aliphatic heterocycles. The lowest BCUT2D eigenvalue weighted by Gasteiger charge is -2.00. The third-order valence-corrected chi connectivity index (χ3v) is 4.27. The van der Waals surface area contributed by atoms with Gasteiger partial charge < -0.3 is 5.32 Å². The maximum absolute atomic E-state index is 12.0. The van der Waals surface area contributed by atoms with E-state index in [1.165, 1.54) is 0 Å². The number of halogens is 3. The molecule has 23 heavy (non-hydrogen) atoms. The number of amidine groups is 1. The highest BCUT2D eigenvalue weighted by Crippen LogP contribution is 2.24. The van der Waals surface area contributed by atoms with Crippen molar-refractivity contribution < 1.29 is 4.79 Å². The van der Waals surface area contributed by atoms with Crippen LogP contribution >= 0.6 is 34.8 Å². The van der Waals surface area contributed by atoms with E-state index in [0.717, 1.165) is 11.1 Å². The SMILES string of the molecule is O=C1NC(Cc2ccc(Cl)cc2)=N/C1=C/c1ccc(Cl)c(Cl)c1. The van der Waals surface area contributed by atoms with Crippen molar-refractivity contribution in [3.05, 3.63) is 74.4 Å². The van der Waals surface area contributed by atoms with Gasteiger partial charge in [0.25, 0.3) is 5.91 Å². The molecule has 2 aromatic rings. The summed E-state index contributed by atoms with van der Waals surface area (Å²) < 4.78 is 0. The van der Waals surface area contributed by atoms with E-state index in [4.69, 9.17) is 34.8 Å². The highest BCUT2D eigenvalue weighted by atomic mass is 35.5. The van der Waals surface area contributed by atoms with Crippen molar-refractivity contribution in [3.63, 3.8) is 0 Å². The molecule has 2 aromatic carbocycles. The number of rotatable bonds is 3. The summed E-state index contributed by atoms with van der Waals surface area (Å²) in [7, 11) is 0. The molecule has 0 spiro atoms. The molecule has 6 heteroatoms. The van der Waals surface area contributed by atoms with Crippen LogP contribution < -0.4 is 5.32 Å². The second-order valence-corrected chi connectivity index (χ2v) is 6.27. The summed E-state index contributed by atoms with van der Waals surface area (Å²) >= 11 is 17.7. The number of nitrogens with zero attached hydrogens (tertiary/aromatic N) is 1. The molecule has 0 saturated heterocycles. The molecule has 0 aromatic heterocycles. The van der Waals surface area contributed by atoms with E-state index in [1.54, 1.807) is 36.4 Å². The first-order valence-corrected chi connectivity index (χ1v) is 7.95. The van der Waals surface area contributed by atoms with Crippen molar-refractivity contribution in [1.29, 1.82) is 0 Å². The second-order valence-electron chi connectivity index (χ2n) is 5.02. The number of benzene rings is 2. The predicted octanol–water partition coefficient (Wildman–Crippen LogP) is 4.76. The van der Waals surface area contributed by atoms with Crippen molar-refractivity contribution in [2.45, 2.75) is 6.42 Å². The molecule has 0 bridgehead atoms. The molecular weight excluding hydrogens is 355 g/mol. The second kappa shape index (κ2) is 6.75. The van der Waals surface area contributed by atoms with Gasteiger partial charge in [0, 0.05) is 11.4 Å². The average Bonchev–Trinajstić information content (AvgIpc) is 2.85. The quantitative estimate of drug-likeness (QED) is 0.783. The molecule has 1 aliphatic rings. The zero-order chi connectivity index (χ0) is 16.4. The fourth-order valence-electron chi connectivity index (χ4n) is 2.16. The van der Waals surface area contributed by atoms with Gasteiger partial charge in [0.1, 0.15) is 11.5 Å². The van der Waals surface area contributed by atoms with Gasteiger partial charge in [-0.15, -0.1) is 0 Å². The summed E-state index contributed by atoms with van der Waals surface area (Å²) in [6, 6.07) is 12.6. The zero-order valence-electron chi connectivity index (χ0n) is 11.8. The molecule has 3 nitrogen and oxygen atoms in total. The summed E-state index contributed by atoms with van der Waals surface area (Å²) in [6.07, 6.45) is 2.20. The van der Waals surface area contributed by atoms with Crippen molar-refractivity contribution >= 4 is 52.6 Å². The van der Waals surface area contributed by atoms with E-state index >= 15 is 0 Å². The van der Waals surface area contributed by atoms with Crippen LogP contribution in [0.1, 0.15) is 11.1 Å². The van der Waals surface area contributed by atoms with E-state index in [1.807, 2.05) is 12.1 Å². The van der Waals surface area contributed by atoms with Crippen LogP contribution in [0.4, 0.5) is 0 Å². The predicted molar refractivity (Wildman–Crippen MR) is 95.2 cm³/mol. The minimum Gasteiger partial charge on any atom is -0.308 e. The minimum absolute atomic E-state index is 0.236. The average molecular weight is 366 g/mol. The Kier molecular flexibility index (Phi) is 4.71. The maximum atomic E-state index is 12.0. The number of hydrogen-bond acceptors (Lipinski definition) is 2. The number of nitrogens with one attached hydrogen (secondary N) is 1. The molecule has 0 unspecified atom stereocenters. The van der Waals surface area contributed by atoms with Crippen LogP contribution in [0.2, 0.25) is 15.1 Å². The number of carbonyl (C=O) groups excluding carboxylic acids is 1. The summed E-state index contributed by atoms with van der Waals surface area (Å²) in [4.78, 5) is 16.4. The summed E-state index contributed by atoms with van der Waals surface area (Å²) in [5.41, 5.74) is 2.12. The molecule has 1 heterocycles. The van der Waals surface area contributed by atoms with E-state index in [2.05, 4.69) is 10.3 Å². The van der Waals surface area contributed by atoms with Gasteiger partial charge in [-0.25, -0.2) is 4.99 Å². The smallest absolute Gasteiger partial charge is 0.275 e. The summed E-state index contributed by atoms with van der Waals surface area (Å²) in [5.74, 6) is 0.365. The van der Waals surface area contributed by atoms with Crippen LogP contribution in [0.15, 0.2) is 53.2 Å². The molecule has 1 amide bonds. The first kappa shape index (κ1) is 16.1. The maximum Gasteiger partial charge on any atom is 0.275 e. The molecular formula is C17H11Cl3N2O. The van der Waals surface area contributed by atoms with Crippen LogP contribution in [0.5, 0.6) is 0 Å². The summed E-state index contributed by atoms with van der Waals surface area (Å²) in [5, 5.41) is 4.34. The van der Waals surface area contributed by atoms with Gasteiger partial charge in [-0.2, -0.15) is 0 Å². The Balaban J connectivity index is 1.81. The minimum atomic E-state index is -0.236. The Morgan fingerprint density at radius 3 is 2.43 bits per heavy atom. The van der Waals surface area contributed by atoms with Crippen molar-refractivity contribution in [3.8, 4) is 0 Å². The van der Waals surface area contributed by atoms with Crippen LogP contribution in [0, 0.1) is 0 Å². The molecule has 0 atom stereocenters. The molecule has 0 aliphatic carbocycles. The fraction of sp³-hybridized carbons (Fsp3) is 0.0588. The Hall–Kier alpha value is -1.81. The first-order chi connectivity index (χ1) is 11.0. The lowest BCUT2D eigenvalue weighted by molar-refractivity contribution is -0.115. The highest BCUT2D eigenvalue weighted by molar-refractivity contribution is 6.42. The zero-order valence-corrected chi connectivity index (χ0v) is 14.1. The van der Waals surface area contributed by atoms with Gasteiger partial charge >= 0.3 is 0 Å². The van der Waals surface area contributed by atoms with E-state index in [-0.39, 0.29) is 5.91 Å². The number of amides is 1. The Morgan fingerprint density at radius 1 is 1.00 bits per heavy atom. The van der Waals surface area contributed by atoms with Gasteiger partial charge in [-0.05, 0) is 41.5 Å². The Morgan fingerprint density at radius 2 is 1.74 bits per heavy atom. The summed E-state index contributed by atoms with van der Waals surface area (Å²) in [6.45, 7) is 0. The van der Waals surface area contributed by atoms with Crippen molar-refractivity contribution in [2.75, 3.05) is 0 Å². The van der Waals surface area contributed by atoms with E-state index < -0.39 is 0 Å². The largest absolute Gasteiger partial charge is 0.308 e. The topological polar surface area (TPSA) is 41.5 Å². The molecule has 0 saturated carbocycles. The van der Waals surface area contributed by atoms with Crippen LogP contribution in [-0.2, 0) is 11.2 Å². The number of aliphatic imine (C=N–C) groups is 1. The lowest BCUT2D eigenvalue weighted by atomic mass is 10.1. The Labute approximate surface area is 148 Å². The molecule has 1 N–H and O–H groups in total. The van der Waals surface area contributed by atoms with Gasteiger partial charge in [-0.1, -0.05) is 53.0 Å². The molecule has 0 fully saturated rings. The lowest BCUT2D eigenvalue weighted by Crippen LogP contribution is -2.25. The van der Waals surface area contributed by atoms with Crippen molar-refractivity contribution in [1.82, 2.24) is 5.32 Å². The Bertz CT molecular complexity index is 826. The number of hydrogen-bond donors (Lipinski definition) is 1. The van der Waals surface area contributed by atoms with Gasteiger partial charge in [0.05, 0.1) is 10.0 Å². The first-order valence-electron chi connectivity index (χ1n) is 6.81. The van der Waals surface area contributed by atoms with Gasteiger partial charge in [0.2, 0.25) is 0 Å². The van der Waals surface area contributed by atoms with Crippen LogP contribution in [0.3, 0.4) is 0 Å². The van der Waals surface area contributed by atoms with E-state index in [9.17, 15) is 4.79 Å². The van der Waals surface area contributed by atoms with E-state index in [0.29, 0.717) is 33.0 Å². The monoisotopic (exact) mass is 364 g/mol.